The maximum absolute atomic E-state index is 13.2. The van der Waals surface area contributed by atoms with Crippen molar-refractivity contribution in [3.8, 4) is 22.6 Å². The fourth-order valence-electron chi connectivity index (χ4n) is 4.26. The topological polar surface area (TPSA) is 75.6 Å². The molecule has 2 N–H and O–H groups in total. The van der Waals surface area contributed by atoms with Crippen molar-refractivity contribution < 1.29 is 18.3 Å². The van der Waals surface area contributed by atoms with Gasteiger partial charge in [0.2, 0.25) is 0 Å². The zero-order valence-corrected chi connectivity index (χ0v) is 19.6. The van der Waals surface area contributed by atoms with Gasteiger partial charge in [0.25, 0.3) is 10.0 Å². The average molecular weight is 470 g/mol. The second-order valence-electron chi connectivity index (χ2n) is 8.15. The molecule has 5 aromatic carbocycles. The molecule has 0 radical (unpaired) electrons. The average Bonchev–Trinajstić information content (AvgIpc) is 2.85. The number of phenolic OH excluding ortho intramolecular Hbond substituents is 1. The van der Waals surface area contributed by atoms with Crippen LogP contribution in [-0.4, -0.2) is 20.6 Å². The summed E-state index contributed by atoms with van der Waals surface area (Å²) in [5, 5.41) is 14.3. The number of rotatable bonds is 5. The molecule has 0 fully saturated rings. The molecule has 0 heterocycles. The van der Waals surface area contributed by atoms with E-state index in [0.717, 1.165) is 16.3 Å². The molecule has 5 nitrogen and oxygen atoms in total. The highest BCUT2D eigenvalue weighted by Crippen LogP contribution is 2.46. The number of sulfonamides is 1. The molecule has 5 rings (SSSR count). The number of aryl methyl sites for hydroxylation is 1. The van der Waals surface area contributed by atoms with Gasteiger partial charge in [-0.1, -0.05) is 72.3 Å². The molecule has 170 valence electrons. The molecule has 0 unspecified atom stereocenters. The Hall–Kier alpha value is -4.03. The predicted octanol–water partition coefficient (Wildman–Crippen LogP) is 6.48. The molecule has 0 aliphatic carbocycles. The van der Waals surface area contributed by atoms with Gasteiger partial charge >= 0.3 is 0 Å². The Morgan fingerprint density at radius 1 is 0.794 bits per heavy atom. The van der Waals surface area contributed by atoms with Crippen LogP contribution in [0, 0.1) is 6.92 Å². The minimum atomic E-state index is -3.85. The molecule has 0 saturated heterocycles. The van der Waals surface area contributed by atoms with Crippen molar-refractivity contribution in [1.29, 1.82) is 0 Å². The van der Waals surface area contributed by atoms with E-state index in [1.54, 1.807) is 49.6 Å². The van der Waals surface area contributed by atoms with Crippen molar-refractivity contribution in [2.45, 2.75) is 11.8 Å². The fourth-order valence-corrected chi connectivity index (χ4v) is 5.33. The maximum Gasteiger partial charge on any atom is 0.261 e. The van der Waals surface area contributed by atoms with Crippen molar-refractivity contribution in [3.63, 3.8) is 0 Å². The molecule has 6 heteroatoms. The van der Waals surface area contributed by atoms with E-state index < -0.39 is 10.0 Å². The van der Waals surface area contributed by atoms with Crippen LogP contribution in [0.15, 0.2) is 95.9 Å². The van der Waals surface area contributed by atoms with Gasteiger partial charge in [-0.05, 0) is 42.0 Å². The summed E-state index contributed by atoms with van der Waals surface area (Å²) in [4.78, 5) is 0.166. The number of ether oxygens (including phenoxy) is 1. The second-order valence-corrected chi connectivity index (χ2v) is 9.83. The number of hydrogen-bond donors (Lipinski definition) is 2. The number of methoxy groups -OCH3 is 1. The first kappa shape index (κ1) is 21.8. The maximum atomic E-state index is 13.2. The van der Waals surface area contributed by atoms with Gasteiger partial charge in [-0.2, -0.15) is 0 Å². The third-order valence-corrected chi connectivity index (χ3v) is 7.35. The van der Waals surface area contributed by atoms with Crippen molar-refractivity contribution in [2.75, 3.05) is 11.8 Å². The highest BCUT2D eigenvalue weighted by Gasteiger charge is 2.21. The second kappa shape index (κ2) is 8.39. The van der Waals surface area contributed by atoms with E-state index in [0.29, 0.717) is 33.3 Å². The van der Waals surface area contributed by atoms with Crippen LogP contribution in [0.3, 0.4) is 0 Å². The quantitative estimate of drug-likeness (QED) is 0.289. The summed E-state index contributed by atoms with van der Waals surface area (Å²) in [5.74, 6) is 0.639. The van der Waals surface area contributed by atoms with E-state index in [2.05, 4.69) is 4.72 Å². The smallest absolute Gasteiger partial charge is 0.261 e. The van der Waals surface area contributed by atoms with Crippen LogP contribution < -0.4 is 9.46 Å². The Morgan fingerprint density at radius 3 is 2.15 bits per heavy atom. The molecule has 5 aromatic rings. The van der Waals surface area contributed by atoms with Gasteiger partial charge in [0.15, 0.2) is 0 Å². The van der Waals surface area contributed by atoms with Crippen LogP contribution in [-0.2, 0) is 10.0 Å². The molecule has 0 amide bonds. The summed E-state index contributed by atoms with van der Waals surface area (Å²) >= 11 is 0. The Balaban J connectivity index is 1.78. The molecule has 0 aromatic heterocycles. The van der Waals surface area contributed by atoms with Crippen molar-refractivity contribution in [1.82, 2.24) is 0 Å². The van der Waals surface area contributed by atoms with Crippen LogP contribution in [0.5, 0.6) is 11.5 Å². The first-order valence-electron chi connectivity index (χ1n) is 10.8. The predicted molar refractivity (Wildman–Crippen MR) is 137 cm³/mol. The highest BCUT2D eigenvalue weighted by atomic mass is 32.2. The van der Waals surface area contributed by atoms with Gasteiger partial charge < -0.3 is 9.84 Å². The van der Waals surface area contributed by atoms with Crippen LogP contribution in [0.4, 0.5) is 5.69 Å². The van der Waals surface area contributed by atoms with Crippen LogP contribution in [0.2, 0.25) is 0 Å². The number of nitrogens with one attached hydrogen (secondary N) is 1. The van der Waals surface area contributed by atoms with Crippen molar-refractivity contribution in [2.24, 2.45) is 0 Å². The molecule has 0 bridgehead atoms. The Bertz CT molecular complexity index is 1640. The van der Waals surface area contributed by atoms with E-state index in [9.17, 15) is 13.5 Å². The monoisotopic (exact) mass is 469 g/mol. The Morgan fingerprint density at radius 2 is 1.44 bits per heavy atom. The lowest BCUT2D eigenvalue weighted by molar-refractivity contribution is 0.416. The number of aromatic hydroxyl groups is 1. The van der Waals surface area contributed by atoms with Gasteiger partial charge in [-0.25, -0.2) is 8.42 Å². The van der Waals surface area contributed by atoms with E-state index in [4.69, 9.17) is 4.74 Å². The zero-order chi connectivity index (χ0) is 23.9. The number of fused-ring (bicyclic) bond motifs is 2. The zero-order valence-electron chi connectivity index (χ0n) is 18.7. The van der Waals surface area contributed by atoms with Crippen molar-refractivity contribution in [3.05, 3.63) is 96.6 Å². The molecule has 34 heavy (non-hydrogen) atoms. The van der Waals surface area contributed by atoms with Gasteiger partial charge in [-0.3, -0.25) is 4.72 Å². The van der Waals surface area contributed by atoms with E-state index >= 15 is 0 Å². The molecule has 0 aliphatic heterocycles. The third kappa shape index (κ3) is 3.72. The summed E-state index contributed by atoms with van der Waals surface area (Å²) in [6.45, 7) is 1.90. The SMILES string of the molecule is COc1ccc2ccccc2c1-c1cc(NS(=O)(=O)c2ccc(C)cc2)c2ccccc2c1O. The lowest BCUT2D eigenvalue weighted by atomic mass is 9.93. The summed E-state index contributed by atoms with van der Waals surface area (Å²) in [6, 6.07) is 27.1. The number of phenols is 1. The molecule has 0 atom stereocenters. The van der Waals surface area contributed by atoms with Crippen molar-refractivity contribution >= 4 is 37.3 Å². The van der Waals surface area contributed by atoms with Crippen LogP contribution in [0.25, 0.3) is 32.7 Å². The molecular weight excluding hydrogens is 446 g/mol. The lowest BCUT2D eigenvalue weighted by Gasteiger charge is -2.18. The minimum Gasteiger partial charge on any atom is -0.507 e. The summed E-state index contributed by atoms with van der Waals surface area (Å²) in [5.41, 5.74) is 2.52. The minimum absolute atomic E-state index is 0.0588. The molecule has 0 saturated carbocycles. The normalized spacial score (nSPS) is 11.6. The summed E-state index contributed by atoms with van der Waals surface area (Å²) < 4.78 is 34.8. The van der Waals surface area contributed by atoms with Gasteiger partial charge in [-0.15, -0.1) is 0 Å². The molecule has 0 spiro atoms. The molecule has 0 aliphatic rings. The van der Waals surface area contributed by atoms with Crippen LogP contribution >= 0.6 is 0 Å². The number of anilines is 1. The fraction of sp³-hybridized carbons (Fsp3) is 0.0714. The Kier molecular flexibility index (Phi) is 5.38. The van der Waals surface area contributed by atoms with Gasteiger partial charge in [0.05, 0.1) is 17.7 Å². The van der Waals surface area contributed by atoms with Gasteiger partial charge in [0.1, 0.15) is 11.5 Å². The number of benzene rings is 5. The first-order chi connectivity index (χ1) is 16.4. The molecular formula is C28H23NO4S. The van der Waals surface area contributed by atoms with E-state index in [1.165, 1.54) is 0 Å². The van der Waals surface area contributed by atoms with E-state index in [-0.39, 0.29) is 10.6 Å². The van der Waals surface area contributed by atoms with Crippen LogP contribution in [0.1, 0.15) is 5.56 Å². The number of hydrogen-bond acceptors (Lipinski definition) is 4. The Labute approximate surface area is 198 Å². The largest absolute Gasteiger partial charge is 0.507 e. The summed E-state index contributed by atoms with van der Waals surface area (Å²) in [7, 11) is -2.28. The van der Waals surface area contributed by atoms with E-state index in [1.807, 2.05) is 55.5 Å². The van der Waals surface area contributed by atoms with Gasteiger partial charge in [0, 0.05) is 21.9 Å². The standard InChI is InChI=1S/C28H23NO4S/c1-18-11-14-20(15-12-18)34(31,32)29-25-17-24(28(30)23-10-6-5-9-22(23)25)27-21-8-4-3-7-19(21)13-16-26(27)33-2/h3-17,29-30H,1-2H3. The third-order valence-electron chi connectivity index (χ3n) is 5.97. The lowest BCUT2D eigenvalue weighted by Crippen LogP contribution is -2.13. The first-order valence-corrected chi connectivity index (χ1v) is 12.3. The highest BCUT2D eigenvalue weighted by molar-refractivity contribution is 7.92. The summed E-state index contributed by atoms with van der Waals surface area (Å²) in [6.07, 6.45) is 0.